The molecule has 0 aliphatic carbocycles. The third-order valence-electron chi connectivity index (χ3n) is 3.99. The van der Waals surface area contributed by atoms with E-state index in [-0.39, 0.29) is 5.82 Å². The van der Waals surface area contributed by atoms with Crippen molar-refractivity contribution in [1.29, 1.82) is 0 Å². The average molecular weight is 304 g/mol. The van der Waals surface area contributed by atoms with Gasteiger partial charge in [0.1, 0.15) is 5.82 Å². The topological polar surface area (TPSA) is 6.48 Å². The minimum atomic E-state index is -0.156. The van der Waals surface area contributed by atoms with Crippen LogP contribution in [0.1, 0.15) is 17.5 Å². The zero-order valence-corrected chi connectivity index (χ0v) is 13.0. The Morgan fingerprint density at radius 1 is 0.857 bits per heavy atom. The van der Waals surface area contributed by atoms with Crippen molar-refractivity contribution in [3.8, 4) is 0 Å². The van der Waals surface area contributed by atoms with Gasteiger partial charge in [0.05, 0.1) is 0 Å². The normalized spacial score (nSPS) is 17.8. The van der Waals surface area contributed by atoms with Crippen LogP contribution in [0, 0.1) is 5.82 Å². The first-order valence-electron chi connectivity index (χ1n) is 7.50. The summed E-state index contributed by atoms with van der Waals surface area (Å²) in [7, 11) is 0. The number of rotatable bonds is 4. The minimum absolute atomic E-state index is 0.156. The van der Waals surface area contributed by atoms with Crippen LogP contribution in [-0.2, 0) is 13.1 Å². The molecule has 2 nitrogen and oxygen atoms in total. The largest absolute Gasteiger partial charge is 0.298 e. The lowest BCUT2D eigenvalue weighted by Gasteiger charge is -2.21. The summed E-state index contributed by atoms with van der Waals surface area (Å²) in [5, 5.41) is 4.38. The molecule has 0 atom stereocenters. The van der Waals surface area contributed by atoms with E-state index in [0.717, 1.165) is 39.3 Å². The molecule has 21 heavy (non-hydrogen) atoms. The van der Waals surface area contributed by atoms with Gasteiger partial charge in [0, 0.05) is 26.2 Å². The molecule has 1 fully saturated rings. The van der Waals surface area contributed by atoms with Crippen LogP contribution in [0.25, 0.3) is 0 Å². The van der Waals surface area contributed by atoms with Crippen LogP contribution in [0.5, 0.6) is 0 Å². The van der Waals surface area contributed by atoms with Gasteiger partial charge in [0.15, 0.2) is 0 Å². The number of benzene rings is 1. The van der Waals surface area contributed by atoms with Crippen molar-refractivity contribution < 1.29 is 4.39 Å². The van der Waals surface area contributed by atoms with E-state index in [0.29, 0.717) is 0 Å². The maximum atomic E-state index is 12.9. The Morgan fingerprint density at radius 3 is 2.14 bits per heavy atom. The summed E-state index contributed by atoms with van der Waals surface area (Å²) in [6, 6.07) is 9.10. The number of thiophene rings is 1. The number of hydrogen-bond donors (Lipinski definition) is 0. The molecular weight excluding hydrogens is 283 g/mol. The van der Waals surface area contributed by atoms with Gasteiger partial charge in [-0.1, -0.05) is 12.1 Å². The molecule has 0 saturated carbocycles. The second kappa shape index (κ2) is 7.16. The van der Waals surface area contributed by atoms with E-state index >= 15 is 0 Å². The van der Waals surface area contributed by atoms with Crippen molar-refractivity contribution in [2.45, 2.75) is 19.5 Å². The van der Waals surface area contributed by atoms with Crippen molar-refractivity contribution in [3.05, 3.63) is 58.0 Å². The van der Waals surface area contributed by atoms with Gasteiger partial charge in [-0.3, -0.25) is 9.80 Å². The Bertz CT molecular complexity index is 538. The summed E-state index contributed by atoms with van der Waals surface area (Å²) in [5.74, 6) is -0.156. The van der Waals surface area contributed by atoms with Crippen LogP contribution in [-0.4, -0.2) is 36.0 Å². The fraction of sp³-hybridized carbons (Fsp3) is 0.412. The molecular formula is C17H21FN2S. The first kappa shape index (κ1) is 14.7. The minimum Gasteiger partial charge on any atom is -0.298 e. The van der Waals surface area contributed by atoms with Crippen molar-refractivity contribution in [2.24, 2.45) is 0 Å². The van der Waals surface area contributed by atoms with Crippen LogP contribution in [0.2, 0.25) is 0 Å². The molecule has 2 aromatic rings. The Morgan fingerprint density at radius 2 is 1.52 bits per heavy atom. The molecule has 3 rings (SSSR count). The molecule has 1 saturated heterocycles. The van der Waals surface area contributed by atoms with Crippen LogP contribution in [0.4, 0.5) is 4.39 Å². The van der Waals surface area contributed by atoms with Gasteiger partial charge in [-0.15, -0.1) is 0 Å². The SMILES string of the molecule is Fc1ccc(CN2CCCN(Cc3ccsc3)CC2)cc1. The summed E-state index contributed by atoms with van der Waals surface area (Å²) in [4.78, 5) is 5.01. The monoisotopic (exact) mass is 304 g/mol. The second-order valence-corrected chi connectivity index (χ2v) is 6.44. The van der Waals surface area contributed by atoms with Crippen molar-refractivity contribution in [1.82, 2.24) is 9.80 Å². The van der Waals surface area contributed by atoms with Gasteiger partial charge in [0.25, 0.3) is 0 Å². The summed E-state index contributed by atoms with van der Waals surface area (Å²) in [5.41, 5.74) is 2.62. The van der Waals surface area contributed by atoms with Gasteiger partial charge in [-0.2, -0.15) is 11.3 Å². The highest BCUT2D eigenvalue weighted by Crippen LogP contribution is 2.13. The predicted octanol–water partition coefficient (Wildman–Crippen LogP) is 3.60. The average Bonchev–Trinajstić information content (AvgIpc) is 2.89. The highest BCUT2D eigenvalue weighted by Gasteiger charge is 2.15. The van der Waals surface area contributed by atoms with Crippen molar-refractivity contribution in [2.75, 3.05) is 26.2 Å². The molecule has 4 heteroatoms. The lowest BCUT2D eigenvalue weighted by molar-refractivity contribution is 0.247. The van der Waals surface area contributed by atoms with E-state index in [2.05, 4.69) is 26.6 Å². The lowest BCUT2D eigenvalue weighted by Crippen LogP contribution is -2.30. The standard InChI is InChI=1S/C17H21FN2S/c18-17-4-2-15(3-5-17)12-19-7-1-8-20(10-9-19)13-16-6-11-21-14-16/h2-6,11,14H,1,7-10,12-13H2. The number of hydrogen-bond acceptors (Lipinski definition) is 3. The van der Waals surface area contributed by atoms with Crippen LogP contribution >= 0.6 is 11.3 Å². The molecule has 1 aliphatic heterocycles. The summed E-state index contributed by atoms with van der Waals surface area (Å²) < 4.78 is 12.9. The van der Waals surface area contributed by atoms with E-state index in [1.807, 2.05) is 12.1 Å². The first-order valence-corrected chi connectivity index (χ1v) is 8.44. The van der Waals surface area contributed by atoms with Gasteiger partial charge in [-0.05, 0) is 59.6 Å². The molecule has 0 radical (unpaired) electrons. The quantitative estimate of drug-likeness (QED) is 0.851. The lowest BCUT2D eigenvalue weighted by atomic mass is 10.2. The first-order chi connectivity index (χ1) is 10.3. The molecule has 1 aromatic carbocycles. The van der Waals surface area contributed by atoms with E-state index in [1.165, 1.54) is 17.5 Å². The summed E-state index contributed by atoms with van der Waals surface area (Å²) in [6.45, 7) is 6.46. The third kappa shape index (κ3) is 4.37. The fourth-order valence-electron chi connectivity index (χ4n) is 2.83. The van der Waals surface area contributed by atoms with Gasteiger partial charge >= 0.3 is 0 Å². The van der Waals surface area contributed by atoms with E-state index in [4.69, 9.17) is 0 Å². The third-order valence-corrected chi connectivity index (χ3v) is 4.72. The van der Waals surface area contributed by atoms with Crippen LogP contribution < -0.4 is 0 Å². The highest BCUT2D eigenvalue weighted by atomic mass is 32.1. The second-order valence-electron chi connectivity index (χ2n) is 5.66. The molecule has 0 unspecified atom stereocenters. The molecule has 112 valence electrons. The van der Waals surface area contributed by atoms with Crippen LogP contribution in [0.3, 0.4) is 0 Å². The van der Waals surface area contributed by atoms with Gasteiger partial charge < -0.3 is 0 Å². The Balaban J connectivity index is 1.52. The smallest absolute Gasteiger partial charge is 0.123 e. The Kier molecular flexibility index (Phi) is 5.01. The van der Waals surface area contributed by atoms with E-state index in [9.17, 15) is 4.39 Å². The molecule has 0 bridgehead atoms. The zero-order valence-electron chi connectivity index (χ0n) is 12.2. The Labute approximate surface area is 129 Å². The maximum Gasteiger partial charge on any atom is 0.123 e. The molecule has 1 aliphatic rings. The van der Waals surface area contributed by atoms with Crippen LogP contribution in [0.15, 0.2) is 41.1 Å². The van der Waals surface area contributed by atoms with Gasteiger partial charge in [0.2, 0.25) is 0 Å². The molecule has 1 aromatic heterocycles. The summed E-state index contributed by atoms with van der Waals surface area (Å²) in [6.07, 6.45) is 1.20. The molecule has 0 amide bonds. The highest BCUT2D eigenvalue weighted by molar-refractivity contribution is 7.07. The molecule has 2 heterocycles. The number of halogens is 1. The summed E-state index contributed by atoms with van der Waals surface area (Å²) >= 11 is 1.77. The Hall–Kier alpha value is -1.23. The zero-order chi connectivity index (χ0) is 14.5. The molecule has 0 spiro atoms. The van der Waals surface area contributed by atoms with E-state index < -0.39 is 0 Å². The van der Waals surface area contributed by atoms with E-state index in [1.54, 1.807) is 23.5 Å². The molecule has 0 N–H and O–H groups in total. The van der Waals surface area contributed by atoms with Crippen molar-refractivity contribution in [3.63, 3.8) is 0 Å². The van der Waals surface area contributed by atoms with Crippen molar-refractivity contribution >= 4 is 11.3 Å². The maximum absolute atomic E-state index is 12.9. The predicted molar refractivity (Wildman–Crippen MR) is 85.9 cm³/mol. The van der Waals surface area contributed by atoms with Gasteiger partial charge in [-0.25, -0.2) is 4.39 Å². The number of nitrogens with zero attached hydrogens (tertiary/aromatic N) is 2. The fourth-order valence-corrected chi connectivity index (χ4v) is 3.49.